The second kappa shape index (κ2) is 4.58. The Morgan fingerprint density at radius 3 is 2.89 bits per heavy atom. The summed E-state index contributed by atoms with van der Waals surface area (Å²) >= 11 is 1.70. The Bertz CT molecular complexity index is 586. The second-order valence-corrected chi connectivity index (χ2v) is 5.13. The van der Waals surface area contributed by atoms with Gasteiger partial charge in [0.2, 0.25) is 0 Å². The molecule has 1 aliphatic carbocycles. The van der Waals surface area contributed by atoms with Crippen LogP contribution in [0.15, 0.2) is 35.0 Å². The molecule has 1 heterocycles. The number of thiophene rings is 1. The molecule has 0 radical (unpaired) electrons. The Morgan fingerprint density at radius 1 is 1.22 bits per heavy atom. The molecule has 0 saturated carbocycles. The SMILES string of the molecule is CCOC(=O)CC1c2ccccc2-c2cscc21. The predicted octanol–water partition coefficient (Wildman–Crippen LogP) is 3.81. The summed E-state index contributed by atoms with van der Waals surface area (Å²) < 4.78 is 5.07. The van der Waals surface area contributed by atoms with Crippen molar-refractivity contribution in [1.29, 1.82) is 0 Å². The van der Waals surface area contributed by atoms with Crippen molar-refractivity contribution in [1.82, 2.24) is 0 Å². The largest absolute Gasteiger partial charge is 0.466 e. The van der Waals surface area contributed by atoms with Gasteiger partial charge in [-0.25, -0.2) is 0 Å². The fourth-order valence-electron chi connectivity index (χ4n) is 2.62. The smallest absolute Gasteiger partial charge is 0.306 e. The van der Waals surface area contributed by atoms with Crippen LogP contribution in [0.5, 0.6) is 0 Å². The Kier molecular flexibility index (Phi) is 2.92. The molecule has 0 amide bonds. The van der Waals surface area contributed by atoms with Gasteiger partial charge in [-0.3, -0.25) is 4.79 Å². The van der Waals surface area contributed by atoms with E-state index in [0.717, 1.165) is 0 Å². The van der Waals surface area contributed by atoms with Crippen LogP contribution in [0.4, 0.5) is 0 Å². The Hall–Kier alpha value is -1.61. The van der Waals surface area contributed by atoms with Gasteiger partial charge in [0.15, 0.2) is 0 Å². The highest BCUT2D eigenvalue weighted by atomic mass is 32.1. The molecule has 1 aromatic heterocycles. The van der Waals surface area contributed by atoms with Gasteiger partial charge in [0, 0.05) is 5.92 Å². The zero-order valence-corrected chi connectivity index (χ0v) is 11.0. The van der Waals surface area contributed by atoms with E-state index >= 15 is 0 Å². The number of hydrogen-bond donors (Lipinski definition) is 0. The van der Waals surface area contributed by atoms with Crippen molar-refractivity contribution in [2.45, 2.75) is 19.3 Å². The molecule has 2 aromatic rings. The number of carbonyl (C=O) groups is 1. The molecule has 1 atom stereocenters. The van der Waals surface area contributed by atoms with Crippen LogP contribution < -0.4 is 0 Å². The molecule has 2 nitrogen and oxygen atoms in total. The van der Waals surface area contributed by atoms with Crippen molar-refractivity contribution in [2.24, 2.45) is 0 Å². The number of fused-ring (bicyclic) bond motifs is 3. The molecule has 0 fully saturated rings. The molecule has 1 unspecified atom stereocenters. The standard InChI is InChI=1S/C15H14O2S/c1-2-17-15(16)7-12-10-5-3-4-6-11(10)13-8-18-9-14(12)13/h3-6,8-9,12H,2,7H2,1H3. The molecule has 0 bridgehead atoms. The van der Waals surface area contributed by atoms with E-state index in [9.17, 15) is 4.79 Å². The van der Waals surface area contributed by atoms with Gasteiger partial charge in [0.1, 0.15) is 0 Å². The fourth-order valence-corrected chi connectivity index (χ4v) is 3.52. The first-order valence-corrected chi connectivity index (χ1v) is 7.06. The maximum atomic E-state index is 11.7. The fraction of sp³-hybridized carbons (Fsp3) is 0.267. The molecule has 0 N–H and O–H groups in total. The Labute approximate surface area is 110 Å². The van der Waals surface area contributed by atoms with Gasteiger partial charge in [0.05, 0.1) is 13.0 Å². The van der Waals surface area contributed by atoms with E-state index in [4.69, 9.17) is 4.74 Å². The van der Waals surface area contributed by atoms with E-state index in [1.807, 2.05) is 19.1 Å². The number of benzene rings is 1. The first kappa shape index (κ1) is 11.5. The average Bonchev–Trinajstić information content (AvgIpc) is 2.93. The van der Waals surface area contributed by atoms with Gasteiger partial charge in [-0.1, -0.05) is 24.3 Å². The maximum absolute atomic E-state index is 11.7. The summed E-state index contributed by atoms with van der Waals surface area (Å²) in [6.07, 6.45) is 0.439. The summed E-state index contributed by atoms with van der Waals surface area (Å²) in [4.78, 5) is 11.7. The van der Waals surface area contributed by atoms with Gasteiger partial charge in [-0.15, -0.1) is 0 Å². The monoisotopic (exact) mass is 258 g/mol. The zero-order valence-electron chi connectivity index (χ0n) is 10.2. The third kappa shape index (κ3) is 1.75. The van der Waals surface area contributed by atoms with E-state index < -0.39 is 0 Å². The van der Waals surface area contributed by atoms with Crippen molar-refractivity contribution in [3.05, 3.63) is 46.2 Å². The number of rotatable bonds is 3. The van der Waals surface area contributed by atoms with Gasteiger partial charge in [0.25, 0.3) is 0 Å². The normalized spacial score (nSPS) is 16.2. The topological polar surface area (TPSA) is 26.3 Å². The molecule has 0 aliphatic heterocycles. The van der Waals surface area contributed by atoms with E-state index in [2.05, 4.69) is 22.9 Å². The van der Waals surface area contributed by atoms with Crippen molar-refractivity contribution < 1.29 is 9.53 Å². The third-order valence-corrected chi connectivity index (χ3v) is 4.13. The molecule has 0 spiro atoms. The minimum absolute atomic E-state index is 0.114. The lowest BCUT2D eigenvalue weighted by Gasteiger charge is -2.11. The van der Waals surface area contributed by atoms with E-state index in [1.165, 1.54) is 22.3 Å². The van der Waals surface area contributed by atoms with Crippen LogP contribution in [0.3, 0.4) is 0 Å². The summed E-state index contributed by atoms with van der Waals surface area (Å²) in [5.41, 5.74) is 5.07. The summed E-state index contributed by atoms with van der Waals surface area (Å²) in [5, 5.41) is 4.32. The van der Waals surface area contributed by atoms with Crippen molar-refractivity contribution in [2.75, 3.05) is 6.61 Å². The highest BCUT2D eigenvalue weighted by molar-refractivity contribution is 7.08. The summed E-state index contributed by atoms with van der Waals surface area (Å²) in [5.74, 6) is 0.0536. The number of carbonyl (C=O) groups excluding carboxylic acids is 1. The zero-order chi connectivity index (χ0) is 12.5. The van der Waals surface area contributed by atoms with Crippen LogP contribution in [0.2, 0.25) is 0 Å². The predicted molar refractivity (Wildman–Crippen MR) is 72.8 cm³/mol. The number of ether oxygens (including phenoxy) is 1. The minimum atomic E-state index is -0.114. The summed E-state index contributed by atoms with van der Waals surface area (Å²) in [6.45, 7) is 2.29. The number of esters is 1. The highest BCUT2D eigenvalue weighted by Crippen LogP contribution is 2.47. The van der Waals surface area contributed by atoms with Crippen LogP contribution >= 0.6 is 11.3 Å². The van der Waals surface area contributed by atoms with Crippen molar-refractivity contribution >= 4 is 17.3 Å². The maximum Gasteiger partial charge on any atom is 0.306 e. The van der Waals surface area contributed by atoms with E-state index in [-0.39, 0.29) is 11.9 Å². The lowest BCUT2D eigenvalue weighted by molar-refractivity contribution is -0.143. The first-order valence-electron chi connectivity index (χ1n) is 6.12. The third-order valence-electron chi connectivity index (χ3n) is 3.37. The molecule has 3 rings (SSSR count). The number of hydrogen-bond acceptors (Lipinski definition) is 3. The Balaban J connectivity index is 1.98. The van der Waals surface area contributed by atoms with Crippen LogP contribution in [-0.2, 0) is 9.53 Å². The van der Waals surface area contributed by atoms with Gasteiger partial charge in [-0.2, -0.15) is 11.3 Å². The van der Waals surface area contributed by atoms with Crippen LogP contribution in [-0.4, -0.2) is 12.6 Å². The van der Waals surface area contributed by atoms with Crippen LogP contribution in [0.1, 0.15) is 30.4 Å². The van der Waals surface area contributed by atoms with Gasteiger partial charge in [-0.05, 0) is 39.9 Å². The van der Waals surface area contributed by atoms with Gasteiger partial charge < -0.3 is 4.74 Å². The first-order chi connectivity index (χ1) is 8.81. The summed E-state index contributed by atoms with van der Waals surface area (Å²) in [6, 6.07) is 8.33. The van der Waals surface area contributed by atoms with E-state index in [1.54, 1.807) is 11.3 Å². The second-order valence-electron chi connectivity index (χ2n) is 4.39. The van der Waals surface area contributed by atoms with Crippen LogP contribution in [0.25, 0.3) is 11.1 Å². The lowest BCUT2D eigenvalue weighted by Crippen LogP contribution is -2.09. The minimum Gasteiger partial charge on any atom is -0.466 e. The van der Waals surface area contributed by atoms with E-state index in [0.29, 0.717) is 13.0 Å². The summed E-state index contributed by atoms with van der Waals surface area (Å²) in [7, 11) is 0. The molecule has 18 heavy (non-hydrogen) atoms. The molecular formula is C15H14O2S. The van der Waals surface area contributed by atoms with Gasteiger partial charge >= 0.3 is 5.97 Å². The average molecular weight is 258 g/mol. The van der Waals surface area contributed by atoms with Crippen molar-refractivity contribution in [3.63, 3.8) is 0 Å². The molecule has 1 aromatic carbocycles. The van der Waals surface area contributed by atoms with Crippen LogP contribution in [0, 0.1) is 0 Å². The highest BCUT2D eigenvalue weighted by Gasteiger charge is 2.30. The molecule has 0 saturated heterocycles. The molecule has 3 heteroatoms. The Morgan fingerprint density at radius 2 is 2.06 bits per heavy atom. The molecule has 92 valence electrons. The molecule has 1 aliphatic rings. The lowest BCUT2D eigenvalue weighted by atomic mass is 9.95. The van der Waals surface area contributed by atoms with Crippen molar-refractivity contribution in [3.8, 4) is 11.1 Å². The molecular weight excluding hydrogens is 244 g/mol. The quantitative estimate of drug-likeness (QED) is 0.782.